The van der Waals surface area contributed by atoms with E-state index in [9.17, 15) is 0 Å². The van der Waals surface area contributed by atoms with E-state index in [0.29, 0.717) is 0 Å². The predicted molar refractivity (Wildman–Crippen MR) is 102 cm³/mol. The number of thiophene rings is 2. The summed E-state index contributed by atoms with van der Waals surface area (Å²) in [7, 11) is 0. The second-order valence-electron chi connectivity index (χ2n) is 4.62. The summed E-state index contributed by atoms with van der Waals surface area (Å²) in [6.07, 6.45) is 0. The number of benzene rings is 1. The lowest BCUT2D eigenvalue weighted by Crippen LogP contribution is -1.92. The molecule has 0 radical (unpaired) electrons. The van der Waals surface area contributed by atoms with Crippen LogP contribution in [0.4, 0.5) is 0 Å². The second-order valence-corrected chi connectivity index (χ2v) is 9.54. The van der Waals surface area contributed by atoms with Crippen LogP contribution < -0.4 is 0 Å². The lowest BCUT2D eigenvalue weighted by Gasteiger charge is -2.07. The van der Waals surface area contributed by atoms with Crippen molar-refractivity contribution in [3.8, 4) is 21.1 Å². The molecule has 0 aliphatic rings. The molecule has 3 aromatic heterocycles. The van der Waals surface area contributed by atoms with E-state index < -0.39 is 0 Å². The van der Waals surface area contributed by atoms with Gasteiger partial charge in [0.15, 0.2) is 0 Å². The van der Waals surface area contributed by atoms with Gasteiger partial charge in [-0.3, -0.25) is 0 Å². The van der Waals surface area contributed by atoms with Crippen molar-refractivity contribution in [1.82, 2.24) is 9.97 Å². The summed E-state index contributed by atoms with van der Waals surface area (Å²) in [4.78, 5) is 12.0. The largest absolute Gasteiger partial charge is 0.243 e. The minimum Gasteiger partial charge on any atom is -0.243 e. The van der Waals surface area contributed by atoms with Crippen LogP contribution in [0.3, 0.4) is 0 Å². The van der Waals surface area contributed by atoms with E-state index in [-0.39, 0.29) is 0 Å². The fourth-order valence-electron chi connectivity index (χ4n) is 2.23. The molecule has 1 aromatic carbocycles. The van der Waals surface area contributed by atoms with Crippen LogP contribution in [0.2, 0.25) is 0 Å². The Morgan fingerprint density at radius 1 is 0.636 bits per heavy atom. The second kappa shape index (κ2) is 5.85. The van der Waals surface area contributed by atoms with Gasteiger partial charge in [-0.05, 0) is 68.3 Å². The first-order valence-electron chi connectivity index (χ1n) is 6.49. The lowest BCUT2D eigenvalue weighted by atomic mass is 10.2. The zero-order valence-corrected chi connectivity index (χ0v) is 15.9. The third-order valence-corrected chi connectivity index (χ3v) is 6.44. The number of aromatic nitrogens is 2. The van der Waals surface area contributed by atoms with E-state index in [1.165, 1.54) is 0 Å². The van der Waals surface area contributed by atoms with Gasteiger partial charge in [-0.15, -0.1) is 22.7 Å². The van der Waals surface area contributed by atoms with E-state index in [4.69, 9.17) is 9.97 Å². The van der Waals surface area contributed by atoms with Gasteiger partial charge in [-0.1, -0.05) is 12.1 Å². The third kappa shape index (κ3) is 2.65. The molecule has 0 saturated heterocycles. The number of rotatable bonds is 2. The highest BCUT2D eigenvalue weighted by molar-refractivity contribution is 9.11. The number of fused-ring (bicyclic) bond motifs is 1. The van der Waals surface area contributed by atoms with E-state index in [0.717, 1.165) is 39.7 Å². The molecule has 0 bridgehead atoms. The molecule has 22 heavy (non-hydrogen) atoms. The number of hydrogen-bond acceptors (Lipinski definition) is 4. The smallest absolute Gasteiger partial charge is 0.108 e. The van der Waals surface area contributed by atoms with Gasteiger partial charge in [-0.25, -0.2) is 9.97 Å². The molecule has 0 fully saturated rings. The zero-order valence-electron chi connectivity index (χ0n) is 11.1. The average Bonchev–Trinajstić information content (AvgIpc) is 3.14. The molecule has 6 heteroatoms. The van der Waals surface area contributed by atoms with E-state index in [2.05, 4.69) is 44.0 Å². The van der Waals surface area contributed by atoms with Crippen LogP contribution in [-0.2, 0) is 0 Å². The summed E-state index contributed by atoms with van der Waals surface area (Å²) in [5, 5.41) is 0. The highest BCUT2D eigenvalue weighted by Crippen LogP contribution is 2.39. The number of hydrogen-bond donors (Lipinski definition) is 0. The van der Waals surface area contributed by atoms with Crippen LogP contribution in [0.25, 0.3) is 32.2 Å². The minimum absolute atomic E-state index is 0.918. The van der Waals surface area contributed by atoms with Crippen LogP contribution in [-0.4, -0.2) is 9.97 Å². The van der Waals surface area contributed by atoms with Crippen LogP contribution in [0.5, 0.6) is 0 Å². The van der Waals surface area contributed by atoms with Crippen LogP contribution in [0.15, 0.2) is 56.1 Å². The van der Waals surface area contributed by atoms with Crippen molar-refractivity contribution < 1.29 is 0 Å². The summed E-state index contributed by atoms with van der Waals surface area (Å²) < 4.78 is 2.19. The Kier molecular flexibility index (Phi) is 3.86. The van der Waals surface area contributed by atoms with Gasteiger partial charge in [0.1, 0.15) is 11.4 Å². The first kappa shape index (κ1) is 14.5. The Hall–Kier alpha value is -1.08. The fraction of sp³-hybridized carbons (Fsp3) is 0. The fourth-order valence-corrected chi connectivity index (χ4v) is 4.98. The van der Waals surface area contributed by atoms with Gasteiger partial charge in [0.2, 0.25) is 0 Å². The Bertz CT molecular complexity index is 896. The summed E-state index contributed by atoms with van der Waals surface area (Å²) in [6, 6.07) is 16.2. The molecule has 0 aliphatic heterocycles. The van der Waals surface area contributed by atoms with Gasteiger partial charge in [0.05, 0.1) is 28.4 Å². The van der Waals surface area contributed by atoms with Gasteiger partial charge < -0.3 is 0 Å². The van der Waals surface area contributed by atoms with Gasteiger partial charge in [0, 0.05) is 0 Å². The van der Waals surface area contributed by atoms with E-state index in [1.54, 1.807) is 22.7 Å². The first-order chi connectivity index (χ1) is 10.7. The molecule has 0 N–H and O–H groups in total. The van der Waals surface area contributed by atoms with Gasteiger partial charge in [-0.2, -0.15) is 0 Å². The molecule has 108 valence electrons. The number of halogens is 2. The summed E-state index contributed by atoms with van der Waals surface area (Å²) >= 11 is 10.4. The Morgan fingerprint density at radius 2 is 1.09 bits per heavy atom. The maximum atomic E-state index is 4.86. The van der Waals surface area contributed by atoms with Crippen LogP contribution in [0, 0.1) is 0 Å². The molecule has 0 saturated carbocycles. The van der Waals surface area contributed by atoms with Crippen molar-refractivity contribution in [3.05, 3.63) is 56.1 Å². The van der Waals surface area contributed by atoms with Crippen molar-refractivity contribution in [3.63, 3.8) is 0 Å². The summed E-state index contributed by atoms with van der Waals surface area (Å²) in [5.74, 6) is 0. The third-order valence-electron chi connectivity index (χ3n) is 3.18. The van der Waals surface area contributed by atoms with Crippen molar-refractivity contribution in [1.29, 1.82) is 0 Å². The molecule has 0 atom stereocenters. The maximum Gasteiger partial charge on any atom is 0.108 e. The van der Waals surface area contributed by atoms with Gasteiger partial charge in [0.25, 0.3) is 0 Å². The predicted octanol–water partition coefficient (Wildman–Crippen LogP) is 6.61. The van der Waals surface area contributed by atoms with Crippen molar-refractivity contribution in [2.24, 2.45) is 0 Å². The molecule has 3 heterocycles. The number of para-hydroxylation sites is 2. The summed E-state index contributed by atoms with van der Waals surface area (Å²) in [5.41, 5.74) is 3.70. The molecule has 0 unspecified atom stereocenters. The van der Waals surface area contributed by atoms with Crippen molar-refractivity contribution >= 4 is 65.6 Å². The molecular formula is C16H8Br2N2S2. The highest BCUT2D eigenvalue weighted by atomic mass is 79.9. The quantitative estimate of drug-likeness (QED) is 0.342. The zero-order chi connectivity index (χ0) is 15.1. The van der Waals surface area contributed by atoms with E-state index in [1.807, 2.05) is 36.4 Å². The summed E-state index contributed by atoms with van der Waals surface area (Å²) in [6.45, 7) is 0. The SMILES string of the molecule is Brc1ccc(-c2nc3ccccc3nc2-c2ccc(Br)s2)s1. The maximum absolute atomic E-state index is 4.86. The van der Waals surface area contributed by atoms with Crippen molar-refractivity contribution in [2.45, 2.75) is 0 Å². The molecular weight excluding hydrogens is 444 g/mol. The monoisotopic (exact) mass is 450 g/mol. The van der Waals surface area contributed by atoms with E-state index >= 15 is 0 Å². The minimum atomic E-state index is 0.918. The molecule has 2 nitrogen and oxygen atoms in total. The highest BCUT2D eigenvalue weighted by Gasteiger charge is 2.16. The standard InChI is InChI=1S/C16H8Br2N2S2/c17-13-7-5-11(21-13)15-16(12-6-8-14(18)22-12)20-10-4-2-1-3-9(10)19-15/h1-8H. The molecule has 0 spiro atoms. The van der Waals surface area contributed by atoms with Gasteiger partial charge >= 0.3 is 0 Å². The molecule has 4 rings (SSSR count). The number of nitrogens with zero attached hydrogens (tertiary/aromatic N) is 2. The van der Waals surface area contributed by atoms with Crippen LogP contribution in [0.1, 0.15) is 0 Å². The molecule has 0 aliphatic carbocycles. The average molecular weight is 452 g/mol. The molecule has 4 aromatic rings. The topological polar surface area (TPSA) is 25.8 Å². The Balaban J connectivity index is 2.03. The lowest BCUT2D eigenvalue weighted by molar-refractivity contribution is 1.31. The normalized spacial score (nSPS) is 11.2. The Labute approximate surface area is 152 Å². The molecule has 0 amide bonds. The Morgan fingerprint density at radius 3 is 1.45 bits per heavy atom. The van der Waals surface area contributed by atoms with Crippen molar-refractivity contribution in [2.75, 3.05) is 0 Å². The van der Waals surface area contributed by atoms with Crippen LogP contribution >= 0.6 is 54.5 Å². The first-order valence-corrected chi connectivity index (χ1v) is 9.71.